The van der Waals surface area contributed by atoms with E-state index in [1.54, 1.807) is 20.8 Å². The largest absolute Gasteiger partial charge is 0.480 e. The number of carbonyl (C=O) groups excluding carboxylic acids is 2. The molecule has 7 nitrogen and oxygen atoms in total. The number of esters is 1. The van der Waals surface area contributed by atoms with Crippen LogP contribution in [0.2, 0.25) is 0 Å². The van der Waals surface area contributed by atoms with Crippen molar-refractivity contribution in [3.63, 3.8) is 0 Å². The van der Waals surface area contributed by atoms with E-state index in [9.17, 15) is 19.5 Å². The minimum atomic E-state index is -1.37. The molecule has 0 radical (unpaired) electrons. The van der Waals surface area contributed by atoms with Crippen molar-refractivity contribution < 1.29 is 29.0 Å². The Kier molecular flexibility index (Phi) is 6.75. The monoisotopic (exact) mass is 287 g/mol. The van der Waals surface area contributed by atoms with Gasteiger partial charge in [0.1, 0.15) is 11.6 Å². The second kappa shape index (κ2) is 7.52. The summed E-state index contributed by atoms with van der Waals surface area (Å²) in [5.74, 6) is -2.04. The number of methoxy groups -OCH3 is 1. The molecule has 20 heavy (non-hydrogen) atoms. The quantitative estimate of drug-likeness (QED) is 0.586. The van der Waals surface area contributed by atoms with Gasteiger partial charge in [-0.2, -0.15) is 0 Å². The summed E-state index contributed by atoms with van der Waals surface area (Å²) in [7, 11) is 1.15. The third kappa shape index (κ3) is 6.21. The zero-order chi connectivity index (χ0) is 15.9. The van der Waals surface area contributed by atoms with Crippen LogP contribution in [-0.4, -0.2) is 53.3 Å². The van der Waals surface area contributed by atoms with Crippen LogP contribution in [0.25, 0.3) is 0 Å². The van der Waals surface area contributed by atoms with E-state index in [0.717, 1.165) is 12.0 Å². The molecule has 0 aromatic heterocycles. The number of carbonyl (C=O) groups is 3. The number of hydrogen-bond donors (Lipinski definition) is 1. The number of carboxylic acids is 1. The van der Waals surface area contributed by atoms with Crippen LogP contribution in [0.1, 0.15) is 27.2 Å². The summed E-state index contributed by atoms with van der Waals surface area (Å²) in [4.78, 5) is 35.4. The van der Waals surface area contributed by atoms with Crippen LogP contribution in [0.15, 0.2) is 12.7 Å². The van der Waals surface area contributed by atoms with Crippen molar-refractivity contribution in [3.05, 3.63) is 12.7 Å². The number of nitrogens with zero attached hydrogens (tertiary/aromatic N) is 1. The topological polar surface area (TPSA) is 93.1 Å². The van der Waals surface area contributed by atoms with Crippen molar-refractivity contribution in [2.45, 2.75) is 38.8 Å². The van der Waals surface area contributed by atoms with Crippen LogP contribution in [0, 0.1) is 0 Å². The van der Waals surface area contributed by atoms with Crippen molar-refractivity contribution in [1.29, 1.82) is 0 Å². The van der Waals surface area contributed by atoms with Crippen LogP contribution < -0.4 is 0 Å². The first kappa shape index (κ1) is 17.9. The summed E-state index contributed by atoms with van der Waals surface area (Å²) in [6.07, 6.45) is 0.0736. The first-order valence-electron chi connectivity index (χ1n) is 6.02. The average molecular weight is 287 g/mol. The number of rotatable bonds is 6. The van der Waals surface area contributed by atoms with E-state index in [0.29, 0.717) is 0 Å². The minimum absolute atomic E-state index is 0.0527. The van der Waals surface area contributed by atoms with E-state index in [1.165, 1.54) is 6.08 Å². The molecule has 1 N–H and O–H groups in total. The molecule has 0 fully saturated rings. The zero-order valence-corrected chi connectivity index (χ0v) is 12.2. The Labute approximate surface area is 118 Å². The Morgan fingerprint density at radius 1 is 1.35 bits per heavy atom. The minimum Gasteiger partial charge on any atom is -0.480 e. The van der Waals surface area contributed by atoms with Crippen LogP contribution in [0.3, 0.4) is 0 Å². The number of hydrogen-bond acceptors (Lipinski definition) is 5. The van der Waals surface area contributed by atoms with Gasteiger partial charge in [-0.15, -0.1) is 6.58 Å². The second-order valence-corrected chi connectivity index (χ2v) is 5.06. The predicted molar refractivity (Wildman–Crippen MR) is 71.2 cm³/mol. The van der Waals surface area contributed by atoms with E-state index in [2.05, 4.69) is 11.3 Å². The summed E-state index contributed by atoms with van der Waals surface area (Å²) in [6, 6.07) is -1.37. The zero-order valence-electron chi connectivity index (χ0n) is 12.2. The third-order valence-corrected chi connectivity index (χ3v) is 2.20. The number of amides is 1. The molecule has 0 saturated heterocycles. The highest BCUT2D eigenvalue weighted by molar-refractivity contribution is 5.85. The normalized spacial score (nSPS) is 12.2. The van der Waals surface area contributed by atoms with Gasteiger partial charge in [-0.25, -0.2) is 9.59 Å². The molecule has 1 amide bonds. The maximum absolute atomic E-state index is 12.0. The Hall–Kier alpha value is -2.05. The Morgan fingerprint density at radius 2 is 1.90 bits per heavy atom. The molecular formula is C13H21NO6. The summed E-state index contributed by atoms with van der Waals surface area (Å²) in [5, 5.41) is 9.17. The molecule has 0 aliphatic heterocycles. The van der Waals surface area contributed by atoms with Crippen LogP contribution in [-0.2, 0) is 19.1 Å². The van der Waals surface area contributed by atoms with Gasteiger partial charge in [0.25, 0.3) is 0 Å². The van der Waals surface area contributed by atoms with Gasteiger partial charge < -0.3 is 14.6 Å². The van der Waals surface area contributed by atoms with Gasteiger partial charge in [0.2, 0.25) is 0 Å². The van der Waals surface area contributed by atoms with Gasteiger partial charge in [-0.05, 0) is 20.8 Å². The Balaban J connectivity index is 5.16. The highest BCUT2D eigenvalue weighted by atomic mass is 16.6. The van der Waals surface area contributed by atoms with Crippen LogP contribution in [0.5, 0.6) is 0 Å². The lowest BCUT2D eigenvalue weighted by Crippen LogP contribution is -2.48. The molecule has 0 unspecified atom stereocenters. The molecule has 0 heterocycles. The van der Waals surface area contributed by atoms with E-state index < -0.39 is 36.1 Å². The number of ether oxygens (including phenoxy) is 2. The molecule has 1 atom stereocenters. The summed E-state index contributed by atoms with van der Waals surface area (Å²) >= 11 is 0. The smallest absolute Gasteiger partial charge is 0.411 e. The fourth-order valence-corrected chi connectivity index (χ4v) is 1.36. The maximum atomic E-state index is 12.0. The van der Waals surface area contributed by atoms with Gasteiger partial charge in [0.05, 0.1) is 13.5 Å². The molecule has 0 aromatic carbocycles. The highest BCUT2D eigenvalue weighted by Gasteiger charge is 2.34. The van der Waals surface area contributed by atoms with E-state index >= 15 is 0 Å². The lowest BCUT2D eigenvalue weighted by molar-refractivity contribution is -0.150. The second-order valence-electron chi connectivity index (χ2n) is 5.06. The number of aliphatic carboxylic acids is 1. The van der Waals surface area contributed by atoms with Gasteiger partial charge in [0.15, 0.2) is 0 Å². The first-order chi connectivity index (χ1) is 9.12. The van der Waals surface area contributed by atoms with Crippen molar-refractivity contribution >= 4 is 18.0 Å². The lowest BCUT2D eigenvalue weighted by Gasteiger charge is -2.30. The summed E-state index contributed by atoms with van der Waals surface area (Å²) < 4.78 is 9.56. The molecule has 0 aromatic rings. The molecule has 114 valence electrons. The van der Waals surface area contributed by atoms with Gasteiger partial charge in [0, 0.05) is 6.54 Å². The predicted octanol–water partition coefficient (Wildman–Crippen LogP) is 1.43. The van der Waals surface area contributed by atoms with Crippen molar-refractivity contribution in [2.75, 3.05) is 13.7 Å². The highest BCUT2D eigenvalue weighted by Crippen LogP contribution is 2.14. The van der Waals surface area contributed by atoms with E-state index in [-0.39, 0.29) is 6.54 Å². The SMILES string of the molecule is C=CCN(C(=O)OC(C)(C)C)[C@@H](CC(=O)OC)C(=O)O. The lowest BCUT2D eigenvalue weighted by atomic mass is 10.1. The maximum Gasteiger partial charge on any atom is 0.411 e. The van der Waals surface area contributed by atoms with Gasteiger partial charge in [-0.3, -0.25) is 9.69 Å². The molecule has 0 rings (SSSR count). The van der Waals surface area contributed by atoms with Crippen molar-refractivity contribution in [2.24, 2.45) is 0 Å². The third-order valence-electron chi connectivity index (χ3n) is 2.20. The van der Waals surface area contributed by atoms with Crippen LogP contribution in [0.4, 0.5) is 4.79 Å². The van der Waals surface area contributed by atoms with E-state index in [4.69, 9.17) is 4.74 Å². The Bertz CT molecular complexity index is 385. The standard InChI is InChI=1S/C13H21NO6/c1-6-7-14(12(18)20-13(2,3)4)9(11(16)17)8-10(15)19-5/h6,9H,1,7-8H2,2-5H3,(H,16,17)/t9-/m0/s1. The van der Waals surface area contributed by atoms with Crippen LogP contribution >= 0.6 is 0 Å². The van der Waals surface area contributed by atoms with Gasteiger partial charge >= 0.3 is 18.0 Å². The fraction of sp³-hybridized carbons (Fsp3) is 0.615. The van der Waals surface area contributed by atoms with Crippen molar-refractivity contribution in [1.82, 2.24) is 4.90 Å². The molecule has 0 spiro atoms. The average Bonchev–Trinajstić information content (AvgIpc) is 2.30. The molecule has 0 aliphatic rings. The number of carboxylic acid groups (broad SMARTS) is 1. The summed E-state index contributed by atoms with van der Waals surface area (Å²) in [5.41, 5.74) is -0.773. The molecular weight excluding hydrogens is 266 g/mol. The van der Waals surface area contributed by atoms with Crippen molar-refractivity contribution in [3.8, 4) is 0 Å². The van der Waals surface area contributed by atoms with Gasteiger partial charge in [-0.1, -0.05) is 6.08 Å². The first-order valence-corrected chi connectivity index (χ1v) is 6.02. The molecule has 7 heteroatoms. The molecule has 0 bridgehead atoms. The fourth-order valence-electron chi connectivity index (χ4n) is 1.36. The summed E-state index contributed by atoms with van der Waals surface area (Å²) in [6.45, 7) is 8.39. The molecule has 0 saturated carbocycles. The Morgan fingerprint density at radius 3 is 2.25 bits per heavy atom. The molecule has 0 aliphatic carbocycles. The van der Waals surface area contributed by atoms with E-state index in [1.807, 2.05) is 0 Å².